The van der Waals surface area contributed by atoms with Gasteiger partial charge in [-0.3, -0.25) is 0 Å². The average Bonchev–Trinajstić information content (AvgIpc) is 2.34. The molecule has 4 heteroatoms. The highest BCUT2D eigenvalue weighted by molar-refractivity contribution is 7.80. The summed E-state index contributed by atoms with van der Waals surface area (Å²) in [6, 6.07) is 11.7. The van der Waals surface area contributed by atoms with Crippen molar-refractivity contribution in [3.63, 3.8) is 0 Å². The summed E-state index contributed by atoms with van der Waals surface area (Å²) >= 11 is 4.96. The smallest absolute Gasteiger partial charge is 0.165 e. The van der Waals surface area contributed by atoms with Crippen molar-refractivity contribution in [2.24, 2.45) is 5.73 Å². The zero-order valence-corrected chi connectivity index (χ0v) is 10.6. The first-order valence-corrected chi connectivity index (χ1v) is 5.82. The molecule has 2 N–H and O–H groups in total. The molecule has 2 aromatic carbocycles. The molecule has 0 amide bonds. The Morgan fingerprint density at radius 3 is 2.56 bits per heavy atom. The van der Waals surface area contributed by atoms with Gasteiger partial charge in [0.15, 0.2) is 11.6 Å². The SMILES string of the molecule is Cc1cccc(C(N)=S)c1Oc1ccccc1F. The van der Waals surface area contributed by atoms with Crippen LogP contribution in [0.4, 0.5) is 4.39 Å². The molecule has 0 aliphatic rings. The normalized spacial score (nSPS) is 10.1. The highest BCUT2D eigenvalue weighted by Crippen LogP contribution is 2.30. The third-order valence-corrected chi connectivity index (χ3v) is 2.75. The van der Waals surface area contributed by atoms with Crippen molar-refractivity contribution in [2.75, 3.05) is 0 Å². The summed E-state index contributed by atoms with van der Waals surface area (Å²) in [5, 5.41) is 0. The Balaban J connectivity index is 2.46. The highest BCUT2D eigenvalue weighted by Gasteiger charge is 2.12. The molecule has 0 fully saturated rings. The van der Waals surface area contributed by atoms with Crippen molar-refractivity contribution >= 4 is 17.2 Å². The van der Waals surface area contributed by atoms with E-state index in [0.29, 0.717) is 11.3 Å². The van der Waals surface area contributed by atoms with Gasteiger partial charge in [-0.2, -0.15) is 0 Å². The Morgan fingerprint density at radius 1 is 1.17 bits per heavy atom. The van der Waals surface area contributed by atoms with E-state index in [-0.39, 0.29) is 10.7 Å². The molecule has 18 heavy (non-hydrogen) atoms. The largest absolute Gasteiger partial charge is 0.453 e. The molecule has 0 atom stereocenters. The Labute approximate surface area is 110 Å². The van der Waals surface area contributed by atoms with E-state index >= 15 is 0 Å². The summed E-state index contributed by atoms with van der Waals surface area (Å²) in [5.74, 6) is 0.231. The fraction of sp³-hybridized carbons (Fsp3) is 0.0714. The Morgan fingerprint density at radius 2 is 1.89 bits per heavy atom. The van der Waals surface area contributed by atoms with E-state index in [1.54, 1.807) is 24.3 Å². The fourth-order valence-electron chi connectivity index (χ4n) is 1.62. The fourth-order valence-corrected chi connectivity index (χ4v) is 1.78. The molecule has 0 saturated heterocycles. The van der Waals surface area contributed by atoms with E-state index < -0.39 is 5.82 Å². The molecule has 0 heterocycles. The quantitative estimate of drug-likeness (QED) is 0.858. The van der Waals surface area contributed by atoms with Crippen molar-refractivity contribution in [1.82, 2.24) is 0 Å². The first-order valence-electron chi connectivity index (χ1n) is 5.41. The molecule has 0 aliphatic heterocycles. The van der Waals surface area contributed by atoms with Crippen LogP contribution < -0.4 is 10.5 Å². The van der Waals surface area contributed by atoms with Gasteiger partial charge < -0.3 is 10.5 Å². The topological polar surface area (TPSA) is 35.2 Å². The summed E-state index contributed by atoms with van der Waals surface area (Å²) in [4.78, 5) is 0.227. The standard InChI is InChI=1S/C14H12FNOS/c1-9-5-4-6-10(14(16)18)13(9)17-12-8-3-2-7-11(12)15/h2-8H,1H3,(H2,16,18). The second kappa shape index (κ2) is 5.14. The van der Waals surface area contributed by atoms with Crippen LogP contribution in [-0.4, -0.2) is 4.99 Å². The molecule has 0 unspecified atom stereocenters. The zero-order chi connectivity index (χ0) is 13.1. The highest BCUT2D eigenvalue weighted by atomic mass is 32.1. The molecular weight excluding hydrogens is 249 g/mol. The van der Waals surface area contributed by atoms with Crippen LogP contribution in [0.15, 0.2) is 42.5 Å². The van der Waals surface area contributed by atoms with E-state index in [1.807, 2.05) is 19.1 Å². The van der Waals surface area contributed by atoms with Gasteiger partial charge in [0.25, 0.3) is 0 Å². The summed E-state index contributed by atoms with van der Waals surface area (Å²) in [7, 11) is 0. The summed E-state index contributed by atoms with van der Waals surface area (Å²) in [6.07, 6.45) is 0. The number of rotatable bonds is 3. The van der Waals surface area contributed by atoms with Crippen molar-refractivity contribution in [1.29, 1.82) is 0 Å². The van der Waals surface area contributed by atoms with Crippen LogP contribution in [0.3, 0.4) is 0 Å². The maximum Gasteiger partial charge on any atom is 0.165 e. The first kappa shape index (κ1) is 12.5. The van der Waals surface area contributed by atoms with Crippen molar-refractivity contribution < 1.29 is 9.13 Å². The molecule has 0 saturated carbocycles. The van der Waals surface area contributed by atoms with Crippen LogP contribution in [0.25, 0.3) is 0 Å². The van der Waals surface area contributed by atoms with Crippen molar-refractivity contribution in [2.45, 2.75) is 6.92 Å². The van der Waals surface area contributed by atoms with Crippen molar-refractivity contribution in [3.8, 4) is 11.5 Å². The van der Waals surface area contributed by atoms with Gasteiger partial charge in [0.1, 0.15) is 10.7 Å². The number of ether oxygens (including phenoxy) is 1. The van der Waals surface area contributed by atoms with Crippen molar-refractivity contribution in [3.05, 3.63) is 59.4 Å². The molecule has 0 spiro atoms. The van der Waals surface area contributed by atoms with Crippen LogP contribution in [0.5, 0.6) is 11.5 Å². The zero-order valence-electron chi connectivity index (χ0n) is 9.81. The lowest BCUT2D eigenvalue weighted by Crippen LogP contribution is -2.11. The predicted molar refractivity (Wildman–Crippen MR) is 73.5 cm³/mol. The lowest BCUT2D eigenvalue weighted by molar-refractivity contribution is 0.439. The number of benzene rings is 2. The molecule has 0 aliphatic carbocycles. The summed E-state index contributed by atoms with van der Waals surface area (Å²) in [6.45, 7) is 1.86. The number of halogens is 1. The van der Waals surface area contributed by atoms with Gasteiger partial charge in [-0.1, -0.05) is 36.5 Å². The third-order valence-electron chi connectivity index (χ3n) is 2.53. The lowest BCUT2D eigenvalue weighted by Gasteiger charge is -2.13. The minimum atomic E-state index is -0.422. The number of hydrogen-bond acceptors (Lipinski definition) is 2. The average molecular weight is 261 g/mol. The predicted octanol–water partition coefficient (Wildman–Crippen LogP) is 3.56. The monoisotopic (exact) mass is 261 g/mol. The number of aryl methyl sites for hydroxylation is 1. The maximum atomic E-state index is 13.6. The van der Waals surface area contributed by atoms with Crippen LogP contribution in [-0.2, 0) is 0 Å². The van der Waals surface area contributed by atoms with E-state index in [4.69, 9.17) is 22.7 Å². The molecule has 92 valence electrons. The molecule has 0 aromatic heterocycles. The second-order valence-electron chi connectivity index (χ2n) is 3.85. The van der Waals surface area contributed by atoms with Gasteiger partial charge in [0.05, 0.1) is 5.56 Å². The first-order chi connectivity index (χ1) is 8.59. The van der Waals surface area contributed by atoms with Crippen LogP contribution >= 0.6 is 12.2 Å². The second-order valence-corrected chi connectivity index (χ2v) is 4.29. The van der Waals surface area contributed by atoms with E-state index in [1.165, 1.54) is 6.07 Å². The number of para-hydroxylation sites is 2. The Hall–Kier alpha value is -1.94. The lowest BCUT2D eigenvalue weighted by atomic mass is 10.1. The van der Waals surface area contributed by atoms with E-state index in [2.05, 4.69) is 0 Å². The number of hydrogen-bond donors (Lipinski definition) is 1. The van der Waals surface area contributed by atoms with Crippen LogP contribution in [0.2, 0.25) is 0 Å². The van der Waals surface area contributed by atoms with Crippen LogP contribution in [0, 0.1) is 12.7 Å². The molecule has 2 nitrogen and oxygen atoms in total. The number of thiocarbonyl (C=S) groups is 1. The molecule has 0 bridgehead atoms. The van der Waals surface area contributed by atoms with Gasteiger partial charge in [0.2, 0.25) is 0 Å². The van der Waals surface area contributed by atoms with Gasteiger partial charge in [0, 0.05) is 0 Å². The van der Waals surface area contributed by atoms with Gasteiger partial charge in [-0.15, -0.1) is 0 Å². The minimum Gasteiger partial charge on any atom is -0.453 e. The Bertz CT molecular complexity index is 598. The maximum absolute atomic E-state index is 13.6. The van der Waals surface area contributed by atoms with E-state index in [9.17, 15) is 4.39 Å². The van der Waals surface area contributed by atoms with E-state index in [0.717, 1.165) is 5.56 Å². The molecule has 2 aromatic rings. The molecule has 0 radical (unpaired) electrons. The summed E-state index contributed by atoms with van der Waals surface area (Å²) < 4.78 is 19.1. The molecule has 2 rings (SSSR count). The summed E-state index contributed by atoms with van der Waals surface area (Å²) in [5.41, 5.74) is 7.09. The third kappa shape index (κ3) is 2.49. The van der Waals surface area contributed by atoms with Gasteiger partial charge >= 0.3 is 0 Å². The number of nitrogens with two attached hydrogens (primary N) is 1. The molecular formula is C14H12FNOS. The van der Waals surface area contributed by atoms with Gasteiger partial charge in [-0.25, -0.2) is 4.39 Å². The Kier molecular flexibility index (Phi) is 3.58. The van der Waals surface area contributed by atoms with Crippen LogP contribution in [0.1, 0.15) is 11.1 Å². The van der Waals surface area contributed by atoms with Gasteiger partial charge in [-0.05, 0) is 30.7 Å². The minimum absolute atomic E-state index is 0.157.